The summed E-state index contributed by atoms with van der Waals surface area (Å²) in [5.41, 5.74) is 2.58. The predicted octanol–water partition coefficient (Wildman–Crippen LogP) is 5.53. The second-order valence-electron chi connectivity index (χ2n) is 11.3. The Kier molecular flexibility index (Phi) is 17.1. The molecule has 3 unspecified atom stereocenters. The molecule has 0 heterocycles. The highest BCUT2D eigenvalue weighted by Gasteiger charge is 2.28. The number of nitrogens with one attached hydrogen (secondary N) is 2. The normalized spacial score (nSPS) is 12.6. The molecule has 0 aromatic heterocycles. The van der Waals surface area contributed by atoms with Crippen LogP contribution in [-0.4, -0.2) is 82.7 Å². The zero-order chi connectivity index (χ0) is 34.9. The van der Waals surface area contributed by atoms with Gasteiger partial charge in [-0.05, 0) is 98.7 Å². The molecule has 3 amide bonds. The number of benzene rings is 3. The number of carbonyl (C=O) groups is 3. The molecule has 3 aromatic rings. The van der Waals surface area contributed by atoms with Crippen molar-refractivity contribution in [3.63, 3.8) is 0 Å². The van der Waals surface area contributed by atoms with Crippen LogP contribution in [0.5, 0.6) is 0 Å². The molecular weight excluding hydrogens is 624 g/mol. The molecule has 4 N–H and O–H groups in total. The molecule has 11 heteroatoms. The van der Waals surface area contributed by atoms with Gasteiger partial charge in [-0.2, -0.15) is 11.8 Å². The van der Waals surface area contributed by atoms with Crippen LogP contribution in [0.15, 0.2) is 66.7 Å². The molecule has 0 aliphatic heterocycles. The number of hydrogen-bond acceptors (Lipinski definition) is 6. The lowest BCUT2D eigenvalue weighted by Gasteiger charge is -2.28. The molecule has 0 fully saturated rings. The number of carbonyl (C=O) groups excluding carboxylic acids is 3. The van der Waals surface area contributed by atoms with Crippen molar-refractivity contribution < 1.29 is 33.4 Å². The van der Waals surface area contributed by atoms with E-state index in [9.17, 15) is 33.4 Å². The maximum absolute atomic E-state index is 13.0. The molecule has 8 nitrogen and oxygen atoms in total. The van der Waals surface area contributed by atoms with Crippen molar-refractivity contribution in [3.8, 4) is 0 Å². The summed E-state index contributed by atoms with van der Waals surface area (Å²) in [5.74, 6) is -1.29. The van der Waals surface area contributed by atoms with Crippen molar-refractivity contribution in [2.24, 2.45) is 0 Å². The number of aliphatic hydroxyl groups excluding tert-OH is 2. The SMILES string of the molecule is CCCN(CCC)C(=O)c1cc(C)cc(C(=O)NCC(O)C(O)C(CCSC)NC(=O)c2ccccc2)c1.Cc1cc(F)cc(F)c1. The average molecular weight is 672 g/mol. The van der Waals surface area contributed by atoms with Gasteiger partial charge in [0.25, 0.3) is 17.7 Å². The molecule has 0 bridgehead atoms. The average Bonchev–Trinajstić information content (AvgIpc) is 3.04. The summed E-state index contributed by atoms with van der Waals surface area (Å²) in [6.07, 6.45) is 1.45. The third-order valence-corrected chi connectivity index (χ3v) is 7.78. The highest BCUT2D eigenvalue weighted by molar-refractivity contribution is 7.98. The first-order valence-electron chi connectivity index (χ1n) is 15.7. The van der Waals surface area contributed by atoms with Crippen LogP contribution < -0.4 is 10.6 Å². The summed E-state index contributed by atoms with van der Waals surface area (Å²) in [6, 6.07) is 16.4. The summed E-state index contributed by atoms with van der Waals surface area (Å²) in [7, 11) is 0. The summed E-state index contributed by atoms with van der Waals surface area (Å²) >= 11 is 1.57. The van der Waals surface area contributed by atoms with Crippen LogP contribution in [0.1, 0.15) is 75.3 Å². The van der Waals surface area contributed by atoms with E-state index in [0.29, 0.717) is 47.5 Å². The lowest BCUT2D eigenvalue weighted by Crippen LogP contribution is -2.51. The second-order valence-corrected chi connectivity index (χ2v) is 12.3. The molecule has 0 radical (unpaired) electrons. The van der Waals surface area contributed by atoms with Gasteiger partial charge in [0.15, 0.2) is 0 Å². The van der Waals surface area contributed by atoms with Gasteiger partial charge in [-0.25, -0.2) is 8.78 Å². The van der Waals surface area contributed by atoms with Crippen LogP contribution in [0.25, 0.3) is 0 Å². The number of aryl methyl sites for hydroxylation is 2. The van der Waals surface area contributed by atoms with Gasteiger partial charge in [-0.1, -0.05) is 32.0 Å². The van der Waals surface area contributed by atoms with Gasteiger partial charge in [0.05, 0.1) is 12.1 Å². The van der Waals surface area contributed by atoms with E-state index in [1.807, 2.05) is 33.1 Å². The smallest absolute Gasteiger partial charge is 0.253 e. The third-order valence-electron chi connectivity index (χ3n) is 7.13. The Labute approximate surface area is 281 Å². The van der Waals surface area contributed by atoms with Crippen molar-refractivity contribution in [3.05, 3.63) is 106 Å². The fraction of sp³-hybridized carbons (Fsp3) is 0.417. The van der Waals surface area contributed by atoms with Crippen molar-refractivity contribution in [1.29, 1.82) is 0 Å². The lowest BCUT2D eigenvalue weighted by atomic mass is 10.0. The Bertz CT molecular complexity index is 1390. The lowest BCUT2D eigenvalue weighted by molar-refractivity contribution is -0.00242. The quantitative estimate of drug-likeness (QED) is 0.169. The van der Waals surface area contributed by atoms with Crippen LogP contribution >= 0.6 is 11.8 Å². The van der Waals surface area contributed by atoms with Gasteiger partial charge in [-0.15, -0.1) is 0 Å². The van der Waals surface area contributed by atoms with Crippen molar-refractivity contribution in [1.82, 2.24) is 15.5 Å². The first kappa shape index (κ1) is 39.4. The van der Waals surface area contributed by atoms with Crippen LogP contribution in [0.3, 0.4) is 0 Å². The van der Waals surface area contributed by atoms with Crippen molar-refractivity contribution in [2.75, 3.05) is 31.6 Å². The molecule has 0 saturated heterocycles. The minimum atomic E-state index is -1.31. The van der Waals surface area contributed by atoms with Gasteiger partial charge >= 0.3 is 0 Å². The summed E-state index contributed by atoms with van der Waals surface area (Å²) in [6.45, 7) is 8.57. The first-order valence-corrected chi connectivity index (χ1v) is 17.1. The summed E-state index contributed by atoms with van der Waals surface area (Å²) in [5, 5.41) is 27.0. The van der Waals surface area contributed by atoms with E-state index >= 15 is 0 Å². The molecule has 0 aliphatic rings. The second kappa shape index (κ2) is 20.4. The zero-order valence-corrected chi connectivity index (χ0v) is 28.6. The van der Waals surface area contributed by atoms with Gasteiger partial charge in [-0.3, -0.25) is 14.4 Å². The standard InChI is InChI=1S/C29H41N3O5S.C7H6F2/c1-5-13-32(14-6-2)29(37)23-17-20(3)16-22(18-23)27(35)30-19-25(33)26(34)24(12-15-38-4)31-28(36)21-10-8-7-9-11-21;1-5-2-6(8)4-7(9)3-5/h7-11,16-18,24-26,33-34H,5-6,12-15,19H2,1-4H3,(H,30,35)(H,31,36);2-4H,1H3. The molecule has 0 spiro atoms. The number of aliphatic hydroxyl groups is 2. The topological polar surface area (TPSA) is 119 Å². The Morgan fingerprint density at radius 3 is 1.94 bits per heavy atom. The number of hydrogen-bond donors (Lipinski definition) is 4. The Balaban J connectivity index is 0.000000731. The summed E-state index contributed by atoms with van der Waals surface area (Å²) in [4.78, 5) is 40.4. The molecular formula is C36H47F2N3O5S. The molecule has 3 atom stereocenters. The van der Waals surface area contributed by atoms with Crippen LogP contribution in [-0.2, 0) is 0 Å². The number of amides is 3. The first-order chi connectivity index (χ1) is 22.4. The number of rotatable bonds is 15. The maximum Gasteiger partial charge on any atom is 0.253 e. The zero-order valence-electron chi connectivity index (χ0n) is 27.8. The van der Waals surface area contributed by atoms with E-state index in [-0.39, 0.29) is 18.4 Å². The van der Waals surface area contributed by atoms with Crippen molar-refractivity contribution in [2.45, 2.75) is 65.2 Å². The van der Waals surface area contributed by atoms with E-state index in [4.69, 9.17) is 0 Å². The molecule has 47 heavy (non-hydrogen) atoms. The Hall–Kier alpha value is -3.80. The largest absolute Gasteiger partial charge is 0.388 e. The summed E-state index contributed by atoms with van der Waals surface area (Å²) < 4.78 is 24.4. The molecule has 3 aromatic carbocycles. The maximum atomic E-state index is 13.0. The van der Waals surface area contributed by atoms with Gasteiger partial charge in [0.1, 0.15) is 17.7 Å². The van der Waals surface area contributed by atoms with Crippen LogP contribution in [0, 0.1) is 25.5 Å². The van der Waals surface area contributed by atoms with Gasteiger partial charge < -0.3 is 25.7 Å². The van der Waals surface area contributed by atoms with E-state index < -0.39 is 35.8 Å². The van der Waals surface area contributed by atoms with E-state index in [2.05, 4.69) is 10.6 Å². The Morgan fingerprint density at radius 1 is 0.809 bits per heavy atom. The third kappa shape index (κ3) is 13.5. The number of halogens is 2. The van der Waals surface area contributed by atoms with E-state index in [1.165, 1.54) is 12.1 Å². The minimum absolute atomic E-state index is 0.118. The highest BCUT2D eigenvalue weighted by Crippen LogP contribution is 2.15. The van der Waals surface area contributed by atoms with Crippen LogP contribution in [0.4, 0.5) is 8.78 Å². The molecule has 256 valence electrons. The fourth-order valence-electron chi connectivity index (χ4n) is 4.87. The van der Waals surface area contributed by atoms with Crippen LogP contribution in [0.2, 0.25) is 0 Å². The van der Waals surface area contributed by atoms with E-state index in [1.54, 1.807) is 66.1 Å². The van der Waals surface area contributed by atoms with E-state index in [0.717, 1.165) is 24.5 Å². The highest BCUT2D eigenvalue weighted by atomic mass is 32.2. The van der Waals surface area contributed by atoms with Gasteiger partial charge in [0, 0.05) is 42.4 Å². The molecule has 0 aliphatic carbocycles. The number of thioether (sulfide) groups is 1. The van der Waals surface area contributed by atoms with Gasteiger partial charge in [0.2, 0.25) is 0 Å². The molecule has 3 rings (SSSR count). The van der Waals surface area contributed by atoms with Crippen molar-refractivity contribution >= 4 is 29.5 Å². The fourth-order valence-corrected chi connectivity index (χ4v) is 5.36. The number of nitrogens with zero attached hydrogens (tertiary/aromatic N) is 1. The minimum Gasteiger partial charge on any atom is -0.388 e. The predicted molar refractivity (Wildman–Crippen MR) is 184 cm³/mol. The monoisotopic (exact) mass is 671 g/mol. The Morgan fingerprint density at radius 2 is 1.38 bits per heavy atom. The molecule has 0 saturated carbocycles.